The Labute approximate surface area is 149 Å². The van der Waals surface area contributed by atoms with Crippen molar-refractivity contribution >= 4 is 11.8 Å². The van der Waals surface area contributed by atoms with Crippen molar-refractivity contribution in [3.8, 4) is 0 Å². The summed E-state index contributed by atoms with van der Waals surface area (Å²) >= 11 is 0. The average molecular weight is 361 g/mol. The number of halogens is 1. The first-order valence-electron chi connectivity index (χ1n) is 8.27. The smallest absolute Gasteiger partial charge is 0.274 e. The Morgan fingerprint density at radius 3 is 2.81 bits per heavy atom. The van der Waals surface area contributed by atoms with E-state index < -0.39 is 24.0 Å². The van der Waals surface area contributed by atoms with E-state index in [1.807, 2.05) is 12.1 Å². The van der Waals surface area contributed by atoms with Crippen LogP contribution in [0.1, 0.15) is 38.7 Å². The van der Waals surface area contributed by atoms with Gasteiger partial charge in [0.2, 0.25) is 5.95 Å². The molecular formula is C17H20FN5O3. The lowest BCUT2D eigenvalue weighted by Crippen LogP contribution is -2.54. The summed E-state index contributed by atoms with van der Waals surface area (Å²) < 4.78 is 13.0. The van der Waals surface area contributed by atoms with Gasteiger partial charge in [0.15, 0.2) is 5.69 Å². The van der Waals surface area contributed by atoms with E-state index in [0.717, 1.165) is 17.3 Å². The number of piperidine rings is 1. The molecule has 9 heteroatoms. The number of nitrogens with one attached hydrogen (secondary N) is 2. The van der Waals surface area contributed by atoms with E-state index in [9.17, 15) is 19.1 Å². The van der Waals surface area contributed by atoms with Gasteiger partial charge in [-0.2, -0.15) is 9.49 Å². The molecule has 0 aromatic carbocycles. The first kappa shape index (κ1) is 18.0. The molecule has 0 saturated carbocycles. The number of β-amino-alcohol motifs (C(OH)–C–C–N with tert-alkyl or cyclic N) is 1. The standard InChI is InChI=1S/C17H20FN5O3/c1-9-3-4-10(2)19-15(9)16(25)20-11-5-12(24)8-23(7-11)17(26)13-6-14(18)22-21-13/h3-4,6,11-12,24H,5,7-8H2,1-2H3,(H,20,25)(H,21,22). The van der Waals surface area contributed by atoms with Crippen LogP contribution in [0.15, 0.2) is 18.2 Å². The Bertz CT molecular complexity index is 838. The largest absolute Gasteiger partial charge is 0.391 e. The monoisotopic (exact) mass is 361 g/mol. The van der Waals surface area contributed by atoms with Gasteiger partial charge in [0.25, 0.3) is 11.8 Å². The highest BCUT2D eigenvalue weighted by Gasteiger charge is 2.32. The van der Waals surface area contributed by atoms with Gasteiger partial charge in [-0.1, -0.05) is 6.07 Å². The third-order valence-electron chi connectivity index (χ3n) is 4.27. The van der Waals surface area contributed by atoms with E-state index in [1.165, 1.54) is 4.90 Å². The molecule has 2 atom stereocenters. The van der Waals surface area contributed by atoms with Crippen LogP contribution in [0, 0.1) is 19.8 Å². The zero-order valence-electron chi connectivity index (χ0n) is 14.5. The highest BCUT2D eigenvalue weighted by molar-refractivity contribution is 5.94. The number of carbonyl (C=O) groups is 2. The highest BCUT2D eigenvalue weighted by Crippen LogP contribution is 2.15. The Morgan fingerprint density at radius 1 is 1.35 bits per heavy atom. The average Bonchev–Trinajstić information content (AvgIpc) is 3.02. The predicted octanol–water partition coefficient (Wildman–Crippen LogP) is 0.566. The minimum atomic E-state index is -0.798. The maximum absolute atomic E-state index is 13.0. The second kappa shape index (κ2) is 7.20. The van der Waals surface area contributed by atoms with Crippen LogP contribution in [0.5, 0.6) is 0 Å². The number of carbonyl (C=O) groups excluding carboxylic acids is 2. The van der Waals surface area contributed by atoms with Crippen LogP contribution >= 0.6 is 0 Å². The van der Waals surface area contributed by atoms with E-state index in [-0.39, 0.29) is 24.7 Å². The van der Waals surface area contributed by atoms with E-state index >= 15 is 0 Å². The zero-order valence-corrected chi connectivity index (χ0v) is 14.5. The number of aromatic nitrogens is 3. The molecule has 1 saturated heterocycles. The van der Waals surface area contributed by atoms with Gasteiger partial charge in [0, 0.05) is 30.9 Å². The summed E-state index contributed by atoms with van der Waals surface area (Å²) in [6.07, 6.45) is -0.483. The molecular weight excluding hydrogens is 341 g/mol. The van der Waals surface area contributed by atoms with Crippen molar-refractivity contribution in [1.29, 1.82) is 0 Å². The van der Waals surface area contributed by atoms with Crippen LogP contribution in [0.2, 0.25) is 0 Å². The predicted molar refractivity (Wildman–Crippen MR) is 90.0 cm³/mol. The third-order valence-corrected chi connectivity index (χ3v) is 4.27. The van der Waals surface area contributed by atoms with Crippen LogP contribution in [0.3, 0.4) is 0 Å². The molecule has 2 unspecified atom stereocenters. The van der Waals surface area contributed by atoms with Gasteiger partial charge < -0.3 is 15.3 Å². The summed E-state index contributed by atoms with van der Waals surface area (Å²) in [7, 11) is 0. The molecule has 2 aromatic rings. The number of pyridine rings is 1. The molecule has 2 aromatic heterocycles. The summed E-state index contributed by atoms with van der Waals surface area (Å²) in [5.41, 5.74) is 1.71. The topological polar surface area (TPSA) is 111 Å². The van der Waals surface area contributed by atoms with Gasteiger partial charge in [0.05, 0.1) is 6.10 Å². The van der Waals surface area contributed by atoms with Crippen LogP contribution in [0.4, 0.5) is 4.39 Å². The van der Waals surface area contributed by atoms with Gasteiger partial charge >= 0.3 is 0 Å². The number of H-pyrrole nitrogens is 1. The maximum atomic E-state index is 13.0. The third kappa shape index (κ3) is 3.88. The van der Waals surface area contributed by atoms with Crippen molar-refractivity contribution in [2.75, 3.05) is 13.1 Å². The number of aliphatic hydroxyl groups excluding tert-OH is 1. The first-order valence-corrected chi connectivity index (χ1v) is 8.27. The van der Waals surface area contributed by atoms with E-state index in [1.54, 1.807) is 13.8 Å². The Hall–Kier alpha value is -2.81. The minimum absolute atomic E-state index is 0.0714. The molecule has 0 radical (unpaired) electrons. The molecule has 1 aliphatic heterocycles. The molecule has 8 nitrogen and oxygen atoms in total. The van der Waals surface area contributed by atoms with Crippen molar-refractivity contribution < 1.29 is 19.1 Å². The van der Waals surface area contributed by atoms with E-state index in [4.69, 9.17) is 0 Å². The summed E-state index contributed by atoms with van der Waals surface area (Å²) in [4.78, 5) is 30.5. The highest BCUT2D eigenvalue weighted by atomic mass is 19.1. The molecule has 0 spiro atoms. The molecule has 1 fully saturated rings. The first-order chi connectivity index (χ1) is 12.3. The lowest BCUT2D eigenvalue weighted by molar-refractivity contribution is 0.0366. The number of amides is 2. The minimum Gasteiger partial charge on any atom is -0.391 e. The van der Waals surface area contributed by atoms with Crippen molar-refractivity contribution in [3.05, 3.63) is 46.8 Å². The molecule has 138 valence electrons. The van der Waals surface area contributed by atoms with Crippen LogP contribution in [-0.4, -0.2) is 62.2 Å². The molecule has 3 rings (SSSR count). The fourth-order valence-corrected chi connectivity index (χ4v) is 3.02. The van der Waals surface area contributed by atoms with Gasteiger partial charge in [-0.3, -0.25) is 14.7 Å². The number of likely N-dealkylation sites (tertiary alicyclic amines) is 1. The lowest BCUT2D eigenvalue weighted by atomic mass is 10.0. The molecule has 2 amide bonds. The van der Waals surface area contributed by atoms with Gasteiger partial charge in [-0.05, 0) is 31.9 Å². The number of hydrogen-bond acceptors (Lipinski definition) is 5. The second-order valence-corrected chi connectivity index (χ2v) is 6.49. The molecule has 3 N–H and O–H groups in total. The van der Waals surface area contributed by atoms with Crippen LogP contribution in [-0.2, 0) is 0 Å². The maximum Gasteiger partial charge on any atom is 0.274 e. The Morgan fingerprint density at radius 2 is 2.12 bits per heavy atom. The molecule has 1 aliphatic rings. The van der Waals surface area contributed by atoms with Crippen LogP contribution in [0.25, 0.3) is 0 Å². The Kier molecular flexibility index (Phi) is 4.99. The molecule has 0 aliphatic carbocycles. The zero-order chi connectivity index (χ0) is 18.8. The fourth-order valence-electron chi connectivity index (χ4n) is 3.02. The van der Waals surface area contributed by atoms with Gasteiger partial charge in [0.1, 0.15) is 5.69 Å². The van der Waals surface area contributed by atoms with E-state index in [2.05, 4.69) is 20.5 Å². The van der Waals surface area contributed by atoms with E-state index in [0.29, 0.717) is 12.1 Å². The van der Waals surface area contributed by atoms with Gasteiger partial charge in [-0.15, -0.1) is 0 Å². The van der Waals surface area contributed by atoms with Crippen molar-refractivity contribution in [1.82, 2.24) is 25.4 Å². The molecule has 0 bridgehead atoms. The van der Waals surface area contributed by atoms with Crippen molar-refractivity contribution in [2.24, 2.45) is 0 Å². The lowest BCUT2D eigenvalue weighted by Gasteiger charge is -2.35. The Balaban J connectivity index is 1.71. The number of rotatable bonds is 3. The number of aromatic amines is 1. The second-order valence-electron chi connectivity index (χ2n) is 6.49. The fraction of sp³-hybridized carbons (Fsp3) is 0.412. The number of nitrogens with zero attached hydrogens (tertiary/aromatic N) is 3. The summed E-state index contributed by atoms with van der Waals surface area (Å²) in [6, 6.07) is 4.19. The summed E-state index contributed by atoms with van der Waals surface area (Å²) in [5.74, 6) is -1.58. The quantitative estimate of drug-likeness (QED) is 0.740. The van der Waals surface area contributed by atoms with Crippen molar-refractivity contribution in [3.63, 3.8) is 0 Å². The SMILES string of the molecule is Cc1ccc(C)c(C(=O)NC2CC(O)CN(C(=O)c3cc(F)[nH]n3)C2)n1. The molecule has 26 heavy (non-hydrogen) atoms. The number of aliphatic hydroxyl groups is 1. The summed E-state index contributed by atoms with van der Waals surface area (Å²) in [5, 5.41) is 18.6. The summed E-state index contributed by atoms with van der Waals surface area (Å²) in [6.45, 7) is 3.88. The van der Waals surface area contributed by atoms with Gasteiger partial charge in [-0.25, -0.2) is 4.98 Å². The number of aryl methyl sites for hydroxylation is 2. The van der Waals surface area contributed by atoms with Crippen molar-refractivity contribution in [2.45, 2.75) is 32.4 Å². The number of hydrogen-bond donors (Lipinski definition) is 3. The molecule has 3 heterocycles. The normalized spacial score (nSPS) is 20.1. The van der Waals surface area contributed by atoms with Crippen LogP contribution < -0.4 is 5.32 Å².